The molecule has 0 atom stereocenters. The summed E-state index contributed by atoms with van der Waals surface area (Å²) in [5.41, 5.74) is 3.31. The predicted octanol–water partition coefficient (Wildman–Crippen LogP) is 1.66. The van der Waals surface area contributed by atoms with Gasteiger partial charge in [0.25, 0.3) is 0 Å². The molecule has 3 rings (SSSR count). The van der Waals surface area contributed by atoms with Crippen LogP contribution in [0.3, 0.4) is 0 Å². The van der Waals surface area contributed by atoms with Crippen molar-refractivity contribution < 1.29 is 15.0 Å². The molecule has 0 spiro atoms. The molecule has 3 N–H and O–H groups in total. The maximum atomic E-state index is 11.4. The number of nitrogens with one attached hydrogen (secondary N) is 1. The summed E-state index contributed by atoms with van der Waals surface area (Å²) < 4.78 is 1.74. The van der Waals surface area contributed by atoms with Crippen molar-refractivity contribution in [3.8, 4) is 17.3 Å². The van der Waals surface area contributed by atoms with Gasteiger partial charge in [0.05, 0.1) is 43.1 Å². The number of aliphatic hydroxyl groups is 2. The van der Waals surface area contributed by atoms with Crippen molar-refractivity contribution in [1.82, 2.24) is 20.3 Å². The van der Waals surface area contributed by atoms with Gasteiger partial charge in [-0.05, 0) is 36.1 Å². The zero-order valence-electron chi connectivity index (χ0n) is 17.3. The number of aliphatic hydroxyl groups excluding tert-OH is 2. The second-order valence-corrected chi connectivity index (χ2v) is 7.58. The van der Waals surface area contributed by atoms with Crippen molar-refractivity contribution in [3.05, 3.63) is 71.4 Å². The summed E-state index contributed by atoms with van der Waals surface area (Å²) in [6.45, 7) is 1.26. The maximum Gasteiger partial charge on any atom is 0.217 e. The molecule has 0 aliphatic heterocycles. The van der Waals surface area contributed by atoms with E-state index in [1.54, 1.807) is 16.8 Å². The van der Waals surface area contributed by atoms with Crippen LogP contribution in [0.25, 0.3) is 11.3 Å². The third-order valence-electron chi connectivity index (χ3n) is 5.15. The fourth-order valence-electron chi connectivity index (χ4n) is 3.33. The zero-order chi connectivity index (χ0) is 22.3. The highest BCUT2D eigenvalue weighted by Crippen LogP contribution is 2.20. The Labute approximate surface area is 180 Å². The highest BCUT2D eigenvalue weighted by atomic mass is 16.3. The van der Waals surface area contributed by atoms with Crippen molar-refractivity contribution >= 4 is 5.91 Å². The van der Waals surface area contributed by atoms with E-state index in [-0.39, 0.29) is 19.1 Å². The number of aromatic nitrogens is 3. The van der Waals surface area contributed by atoms with E-state index in [0.717, 1.165) is 22.4 Å². The van der Waals surface area contributed by atoms with Gasteiger partial charge in [-0.3, -0.25) is 4.79 Å². The molecule has 160 valence electrons. The first-order valence-electron chi connectivity index (χ1n) is 9.96. The zero-order valence-corrected chi connectivity index (χ0v) is 17.3. The number of amides is 1. The molecule has 0 bridgehead atoms. The number of hydrogen-bond donors (Lipinski definition) is 3. The molecule has 31 heavy (non-hydrogen) atoms. The smallest absolute Gasteiger partial charge is 0.217 e. The number of nitriles is 1. The van der Waals surface area contributed by atoms with Crippen LogP contribution in [0.1, 0.15) is 30.0 Å². The van der Waals surface area contributed by atoms with Gasteiger partial charge in [0, 0.05) is 12.5 Å². The molecule has 1 amide bonds. The van der Waals surface area contributed by atoms with Crippen molar-refractivity contribution in [3.63, 3.8) is 0 Å². The molecule has 0 unspecified atom stereocenters. The van der Waals surface area contributed by atoms with Crippen LogP contribution in [0.15, 0.2) is 54.7 Å². The van der Waals surface area contributed by atoms with Gasteiger partial charge in [-0.15, -0.1) is 5.10 Å². The van der Waals surface area contributed by atoms with Crippen molar-refractivity contribution in [2.24, 2.45) is 0 Å². The van der Waals surface area contributed by atoms with Crippen LogP contribution in [-0.2, 0) is 17.8 Å². The molecular formula is C23H25N5O3. The summed E-state index contributed by atoms with van der Waals surface area (Å²) in [5, 5.41) is 39.2. The van der Waals surface area contributed by atoms with E-state index in [2.05, 4.69) is 21.7 Å². The largest absolute Gasteiger partial charge is 0.394 e. The molecule has 1 aromatic heterocycles. The van der Waals surface area contributed by atoms with E-state index in [1.165, 1.54) is 6.92 Å². The number of nitrogens with zero attached hydrogens (tertiary/aromatic N) is 4. The molecule has 8 nitrogen and oxygen atoms in total. The van der Waals surface area contributed by atoms with Gasteiger partial charge < -0.3 is 15.5 Å². The first-order valence-corrected chi connectivity index (χ1v) is 9.96. The van der Waals surface area contributed by atoms with Gasteiger partial charge in [0.2, 0.25) is 5.91 Å². The molecular weight excluding hydrogens is 394 g/mol. The first-order chi connectivity index (χ1) is 15.0. The molecule has 0 saturated carbocycles. The lowest BCUT2D eigenvalue weighted by Gasteiger charge is -2.30. The average molecular weight is 419 g/mol. The van der Waals surface area contributed by atoms with Crippen LogP contribution in [0, 0.1) is 11.3 Å². The van der Waals surface area contributed by atoms with E-state index in [9.17, 15) is 15.0 Å². The minimum Gasteiger partial charge on any atom is -0.394 e. The summed E-state index contributed by atoms with van der Waals surface area (Å²) in [4.78, 5) is 11.4. The van der Waals surface area contributed by atoms with E-state index in [4.69, 9.17) is 5.26 Å². The Kier molecular flexibility index (Phi) is 7.13. The normalized spacial score (nSPS) is 11.2. The number of carbonyl (C=O) groups excluding carboxylic acids is 1. The van der Waals surface area contributed by atoms with E-state index in [1.807, 2.05) is 42.6 Å². The molecule has 0 saturated heterocycles. The Morgan fingerprint density at radius 3 is 2.32 bits per heavy atom. The van der Waals surface area contributed by atoms with Crippen LogP contribution in [-0.4, -0.2) is 49.9 Å². The van der Waals surface area contributed by atoms with Crippen LogP contribution in [0.5, 0.6) is 0 Å². The topological polar surface area (TPSA) is 124 Å². The molecule has 0 aliphatic carbocycles. The molecule has 0 aliphatic rings. The predicted molar refractivity (Wildman–Crippen MR) is 115 cm³/mol. The maximum absolute atomic E-state index is 11.4. The molecule has 1 heterocycles. The molecule has 2 aromatic carbocycles. The third-order valence-corrected chi connectivity index (χ3v) is 5.15. The quantitative estimate of drug-likeness (QED) is 0.485. The number of carbonyl (C=O) groups is 1. The van der Waals surface area contributed by atoms with Crippen LogP contribution < -0.4 is 5.32 Å². The lowest BCUT2D eigenvalue weighted by molar-refractivity contribution is -0.122. The Hall–Kier alpha value is -3.54. The highest BCUT2D eigenvalue weighted by Gasteiger charge is 2.29. The lowest BCUT2D eigenvalue weighted by Crippen LogP contribution is -2.53. The SMILES string of the molecule is CC(=O)NC(CO)(CO)CCc1ccc(-c2cn(Cc3ccc(C#N)cc3)nn2)cc1. The summed E-state index contributed by atoms with van der Waals surface area (Å²) >= 11 is 0. The molecule has 3 aromatic rings. The third kappa shape index (κ3) is 5.75. The van der Waals surface area contributed by atoms with Gasteiger partial charge in [0.15, 0.2) is 0 Å². The van der Waals surface area contributed by atoms with Gasteiger partial charge in [-0.1, -0.05) is 41.6 Å². The van der Waals surface area contributed by atoms with Crippen molar-refractivity contribution in [2.75, 3.05) is 13.2 Å². The molecule has 0 radical (unpaired) electrons. The lowest BCUT2D eigenvalue weighted by atomic mass is 9.92. The fourth-order valence-corrected chi connectivity index (χ4v) is 3.33. The Morgan fingerprint density at radius 2 is 1.74 bits per heavy atom. The minimum atomic E-state index is -1.03. The summed E-state index contributed by atoms with van der Waals surface area (Å²) in [6.07, 6.45) is 2.87. The van der Waals surface area contributed by atoms with E-state index in [0.29, 0.717) is 24.9 Å². The first kappa shape index (κ1) is 22.2. The van der Waals surface area contributed by atoms with Crippen LogP contribution >= 0.6 is 0 Å². The van der Waals surface area contributed by atoms with Crippen LogP contribution in [0.2, 0.25) is 0 Å². The van der Waals surface area contributed by atoms with Gasteiger partial charge >= 0.3 is 0 Å². The number of aryl methyl sites for hydroxylation is 1. The minimum absolute atomic E-state index is 0.289. The van der Waals surface area contributed by atoms with E-state index < -0.39 is 5.54 Å². The Bertz CT molecular complexity index is 1050. The summed E-state index contributed by atoms with van der Waals surface area (Å²) in [5.74, 6) is -0.289. The number of rotatable bonds is 9. The number of benzene rings is 2. The molecule has 8 heteroatoms. The van der Waals surface area contributed by atoms with E-state index >= 15 is 0 Å². The Morgan fingerprint density at radius 1 is 1.10 bits per heavy atom. The van der Waals surface area contributed by atoms with Gasteiger partial charge in [-0.2, -0.15) is 5.26 Å². The second-order valence-electron chi connectivity index (χ2n) is 7.58. The summed E-state index contributed by atoms with van der Waals surface area (Å²) in [6, 6.07) is 17.3. The second kappa shape index (κ2) is 9.98. The molecule has 0 fully saturated rings. The summed E-state index contributed by atoms with van der Waals surface area (Å²) in [7, 11) is 0. The van der Waals surface area contributed by atoms with Crippen LogP contribution in [0.4, 0.5) is 0 Å². The van der Waals surface area contributed by atoms with Crippen molar-refractivity contribution in [1.29, 1.82) is 5.26 Å². The fraction of sp³-hybridized carbons (Fsp3) is 0.304. The Balaban J connectivity index is 1.63. The standard InChI is InChI=1S/C23H25N5O3/c1-17(31)25-23(15-29,16-30)11-10-18-6-8-21(9-7-18)22-14-28(27-26-22)13-20-4-2-19(12-24)3-5-20/h2-9,14,29-30H,10-11,13,15-16H2,1H3,(H,25,31). The van der Waals surface area contributed by atoms with Crippen molar-refractivity contribution in [2.45, 2.75) is 31.8 Å². The average Bonchev–Trinajstić information content (AvgIpc) is 3.26. The van der Waals surface area contributed by atoms with Gasteiger partial charge in [-0.25, -0.2) is 4.68 Å². The van der Waals surface area contributed by atoms with Gasteiger partial charge in [0.1, 0.15) is 5.69 Å². The number of hydrogen-bond acceptors (Lipinski definition) is 6. The highest BCUT2D eigenvalue weighted by molar-refractivity contribution is 5.73. The monoisotopic (exact) mass is 419 g/mol.